The summed E-state index contributed by atoms with van der Waals surface area (Å²) in [5, 5.41) is 15.1. The van der Waals surface area contributed by atoms with E-state index in [2.05, 4.69) is 16.6 Å². The number of aliphatic hydroxyl groups is 1. The molecule has 2 unspecified atom stereocenters. The largest absolute Gasteiger partial charge is 0.469 e. The molecule has 0 saturated heterocycles. The second-order valence-corrected chi connectivity index (χ2v) is 4.52. The molecule has 0 aliphatic rings. The van der Waals surface area contributed by atoms with Gasteiger partial charge in [-0.1, -0.05) is 12.1 Å². The highest BCUT2D eigenvalue weighted by atomic mass is 32.1. The van der Waals surface area contributed by atoms with Gasteiger partial charge in [0.25, 0.3) is 0 Å². The molecular formula is C12H17NO3S. The number of rotatable bonds is 7. The van der Waals surface area contributed by atoms with E-state index in [1.54, 1.807) is 6.08 Å². The van der Waals surface area contributed by atoms with E-state index in [4.69, 9.17) is 0 Å². The van der Waals surface area contributed by atoms with Gasteiger partial charge in [-0.3, -0.25) is 4.79 Å². The number of thiophene rings is 1. The van der Waals surface area contributed by atoms with Crippen LogP contribution in [0.3, 0.4) is 0 Å². The first-order valence-electron chi connectivity index (χ1n) is 5.31. The minimum absolute atomic E-state index is 0.128. The maximum Gasteiger partial charge on any atom is 0.307 e. The van der Waals surface area contributed by atoms with Gasteiger partial charge in [0.1, 0.15) is 6.10 Å². The second kappa shape index (κ2) is 7.21. The molecule has 0 fully saturated rings. The van der Waals surface area contributed by atoms with Crippen LogP contribution in [0.5, 0.6) is 0 Å². The van der Waals surface area contributed by atoms with Crippen LogP contribution in [0.4, 0.5) is 0 Å². The van der Waals surface area contributed by atoms with Crippen molar-refractivity contribution in [3.05, 3.63) is 35.0 Å². The summed E-state index contributed by atoms with van der Waals surface area (Å²) in [6.07, 6.45) is 1.10. The van der Waals surface area contributed by atoms with Crippen molar-refractivity contribution in [1.29, 1.82) is 0 Å². The molecule has 0 amide bonds. The molecule has 5 heteroatoms. The number of carbonyl (C=O) groups excluding carboxylic acids is 1. The number of hydrogen-bond acceptors (Lipinski definition) is 5. The number of aliphatic hydroxyl groups excluding tert-OH is 1. The number of ether oxygens (including phenoxy) is 1. The molecule has 1 rings (SSSR count). The summed E-state index contributed by atoms with van der Waals surface area (Å²) < 4.78 is 4.62. The van der Waals surface area contributed by atoms with Crippen LogP contribution in [0.25, 0.3) is 0 Å². The molecule has 2 atom stereocenters. The molecule has 1 aromatic rings. The van der Waals surface area contributed by atoms with Crippen LogP contribution >= 0.6 is 11.3 Å². The van der Waals surface area contributed by atoms with Gasteiger partial charge in [0, 0.05) is 17.5 Å². The molecule has 0 saturated carbocycles. The maximum atomic E-state index is 11.3. The maximum absolute atomic E-state index is 11.3. The van der Waals surface area contributed by atoms with Crippen molar-refractivity contribution < 1.29 is 14.6 Å². The fraction of sp³-hybridized carbons (Fsp3) is 0.417. The summed E-state index contributed by atoms with van der Waals surface area (Å²) in [4.78, 5) is 12.1. The lowest BCUT2D eigenvalue weighted by Crippen LogP contribution is -2.37. The third kappa shape index (κ3) is 4.30. The Kier molecular flexibility index (Phi) is 5.90. The van der Waals surface area contributed by atoms with E-state index in [0.717, 1.165) is 4.88 Å². The van der Waals surface area contributed by atoms with Crippen molar-refractivity contribution in [2.45, 2.75) is 18.6 Å². The Morgan fingerprint density at radius 2 is 2.53 bits per heavy atom. The lowest BCUT2D eigenvalue weighted by Gasteiger charge is -2.21. The molecule has 1 aromatic heterocycles. The molecule has 4 nitrogen and oxygen atoms in total. The van der Waals surface area contributed by atoms with E-state index in [1.807, 2.05) is 17.5 Å². The van der Waals surface area contributed by atoms with Crippen LogP contribution in [0.1, 0.15) is 17.4 Å². The topological polar surface area (TPSA) is 58.6 Å². The van der Waals surface area contributed by atoms with Crippen molar-refractivity contribution in [2.75, 3.05) is 13.7 Å². The normalized spacial score (nSPS) is 14.0. The predicted molar refractivity (Wildman–Crippen MR) is 67.9 cm³/mol. The van der Waals surface area contributed by atoms with Gasteiger partial charge in [-0.05, 0) is 11.4 Å². The van der Waals surface area contributed by atoms with E-state index in [0.29, 0.717) is 6.54 Å². The summed E-state index contributed by atoms with van der Waals surface area (Å²) in [6.45, 7) is 4.13. The highest BCUT2D eigenvalue weighted by molar-refractivity contribution is 7.10. The minimum Gasteiger partial charge on any atom is -0.469 e. The van der Waals surface area contributed by atoms with Crippen molar-refractivity contribution in [1.82, 2.24) is 5.32 Å². The zero-order chi connectivity index (χ0) is 12.7. The average molecular weight is 255 g/mol. The Morgan fingerprint density at radius 3 is 3.06 bits per heavy atom. The number of hydrogen-bond donors (Lipinski definition) is 2. The molecular weight excluding hydrogens is 238 g/mol. The molecule has 2 N–H and O–H groups in total. The van der Waals surface area contributed by atoms with Crippen molar-refractivity contribution >= 4 is 17.3 Å². The van der Waals surface area contributed by atoms with Crippen LogP contribution in [0.2, 0.25) is 0 Å². The van der Waals surface area contributed by atoms with Crippen molar-refractivity contribution in [3.8, 4) is 0 Å². The van der Waals surface area contributed by atoms with E-state index in [9.17, 15) is 9.90 Å². The zero-order valence-electron chi connectivity index (χ0n) is 9.76. The first-order valence-corrected chi connectivity index (χ1v) is 6.19. The fourth-order valence-corrected chi connectivity index (χ4v) is 2.23. The van der Waals surface area contributed by atoms with E-state index >= 15 is 0 Å². The van der Waals surface area contributed by atoms with Gasteiger partial charge < -0.3 is 15.2 Å². The van der Waals surface area contributed by atoms with Gasteiger partial charge in [-0.15, -0.1) is 17.9 Å². The molecule has 0 aliphatic carbocycles. The molecule has 1 heterocycles. The number of methoxy groups -OCH3 is 1. The van der Waals surface area contributed by atoms with E-state index in [1.165, 1.54) is 18.4 Å². The van der Waals surface area contributed by atoms with Crippen molar-refractivity contribution in [2.24, 2.45) is 0 Å². The lowest BCUT2D eigenvalue weighted by atomic mass is 10.1. The van der Waals surface area contributed by atoms with Gasteiger partial charge in [-0.25, -0.2) is 0 Å². The third-order valence-corrected chi connectivity index (χ3v) is 3.30. The monoisotopic (exact) mass is 255 g/mol. The highest BCUT2D eigenvalue weighted by Crippen LogP contribution is 2.23. The second-order valence-electron chi connectivity index (χ2n) is 3.54. The first-order chi connectivity index (χ1) is 8.19. The Hall–Kier alpha value is -1.17. The number of carbonyl (C=O) groups is 1. The SMILES string of the molecule is C=CCNC(CC(=O)OC)C(O)c1cccs1. The van der Waals surface area contributed by atoms with Gasteiger partial charge in [-0.2, -0.15) is 0 Å². The van der Waals surface area contributed by atoms with Gasteiger partial charge >= 0.3 is 5.97 Å². The number of esters is 1. The van der Waals surface area contributed by atoms with Crippen LogP contribution in [-0.4, -0.2) is 30.8 Å². The van der Waals surface area contributed by atoms with Gasteiger partial charge in [0.2, 0.25) is 0 Å². The summed E-state index contributed by atoms with van der Waals surface area (Å²) >= 11 is 1.46. The standard InChI is InChI=1S/C12H17NO3S/c1-3-6-13-9(8-11(14)16-2)12(15)10-5-4-7-17-10/h3-5,7,9,12-13,15H,1,6,8H2,2H3. The molecule has 94 valence electrons. The van der Waals surface area contributed by atoms with Crippen LogP contribution in [-0.2, 0) is 9.53 Å². The minimum atomic E-state index is -0.714. The number of nitrogens with one attached hydrogen (secondary N) is 1. The third-order valence-electron chi connectivity index (χ3n) is 2.35. The van der Waals surface area contributed by atoms with Crippen LogP contribution in [0.15, 0.2) is 30.2 Å². The molecule has 0 aromatic carbocycles. The molecule has 0 spiro atoms. The lowest BCUT2D eigenvalue weighted by molar-refractivity contribution is -0.142. The summed E-state index contributed by atoms with van der Waals surface area (Å²) in [5.41, 5.74) is 0. The Labute approximate surface area is 105 Å². The predicted octanol–water partition coefficient (Wildman–Crippen LogP) is 1.49. The summed E-state index contributed by atoms with van der Waals surface area (Å²) in [5.74, 6) is -0.345. The van der Waals surface area contributed by atoms with E-state index < -0.39 is 6.10 Å². The molecule has 0 aliphatic heterocycles. The summed E-state index contributed by atoms with van der Waals surface area (Å²) in [7, 11) is 1.34. The van der Waals surface area contributed by atoms with Crippen LogP contribution in [0, 0.1) is 0 Å². The van der Waals surface area contributed by atoms with Crippen LogP contribution < -0.4 is 5.32 Å². The molecule has 17 heavy (non-hydrogen) atoms. The van der Waals surface area contributed by atoms with Gasteiger partial charge in [0.15, 0.2) is 0 Å². The quantitative estimate of drug-likeness (QED) is 0.572. The van der Waals surface area contributed by atoms with Crippen molar-refractivity contribution in [3.63, 3.8) is 0 Å². The fourth-order valence-electron chi connectivity index (χ4n) is 1.45. The Balaban J connectivity index is 2.67. The average Bonchev–Trinajstić information content (AvgIpc) is 2.86. The molecule has 0 bridgehead atoms. The van der Waals surface area contributed by atoms with Gasteiger partial charge in [0.05, 0.1) is 13.5 Å². The summed E-state index contributed by atoms with van der Waals surface area (Å²) in [6, 6.07) is 3.35. The molecule has 0 radical (unpaired) electrons. The Bertz CT molecular complexity index is 351. The Morgan fingerprint density at radius 1 is 1.76 bits per heavy atom. The van der Waals surface area contributed by atoms with E-state index in [-0.39, 0.29) is 18.4 Å². The zero-order valence-corrected chi connectivity index (χ0v) is 10.6. The smallest absolute Gasteiger partial charge is 0.307 e. The highest BCUT2D eigenvalue weighted by Gasteiger charge is 2.24. The first kappa shape index (κ1) is 13.9.